The number of allylic oxidation sites excluding steroid dienone is 1. The van der Waals surface area contributed by atoms with E-state index >= 15 is 0 Å². The van der Waals surface area contributed by atoms with Gasteiger partial charge in [-0.3, -0.25) is 14.6 Å². The lowest BCUT2D eigenvalue weighted by Crippen LogP contribution is -2.44. The first-order chi connectivity index (χ1) is 20.2. The molecule has 0 saturated heterocycles. The second-order valence-electron chi connectivity index (χ2n) is 13.2. The minimum atomic E-state index is -0.955. The first-order valence-electron chi connectivity index (χ1n) is 14.2. The largest absolute Gasteiger partial charge is 0.733 e. The van der Waals surface area contributed by atoms with Gasteiger partial charge in [0.2, 0.25) is 0 Å². The molecule has 2 aromatic rings. The summed E-state index contributed by atoms with van der Waals surface area (Å²) >= 11 is -0.955. The Morgan fingerprint density at radius 2 is 1.55 bits per heavy atom. The van der Waals surface area contributed by atoms with Gasteiger partial charge in [-0.25, -0.2) is 19.5 Å². The molecule has 2 heterocycles. The number of aliphatic imine (C=N–C) groups is 1. The number of rotatable bonds is 7. The van der Waals surface area contributed by atoms with Crippen LogP contribution in [-0.4, -0.2) is 63.5 Å². The SMILES string of the molecule is CC(C)(C)OC(=O)C(CCCN(C(=O)OC(C)(C)C)C(=O)OC(C)(C)C)C1=IC(n2ccc3cc(N([O-])O)ccc32)=NC=C1. The van der Waals surface area contributed by atoms with Crippen LogP contribution in [-0.2, 0) is 19.0 Å². The fraction of sp³-hybridized carbons (Fsp3) is 0.516. The molecule has 1 aromatic carbocycles. The van der Waals surface area contributed by atoms with Gasteiger partial charge in [-0.1, -0.05) is 0 Å². The van der Waals surface area contributed by atoms with E-state index in [4.69, 9.17) is 14.2 Å². The quantitative estimate of drug-likeness (QED) is 0.136. The van der Waals surface area contributed by atoms with Gasteiger partial charge in [0.1, 0.15) is 16.8 Å². The molecule has 1 aliphatic heterocycles. The van der Waals surface area contributed by atoms with Crippen LogP contribution in [0.15, 0.2) is 47.7 Å². The number of aromatic nitrogens is 1. The van der Waals surface area contributed by atoms with Crippen LogP contribution in [0, 0.1) is 11.1 Å². The molecule has 13 heteroatoms. The van der Waals surface area contributed by atoms with Crippen LogP contribution in [0.1, 0.15) is 75.2 Å². The second-order valence-corrected chi connectivity index (χ2v) is 16.0. The number of benzene rings is 1. The van der Waals surface area contributed by atoms with E-state index in [9.17, 15) is 24.8 Å². The lowest BCUT2D eigenvalue weighted by molar-refractivity contribution is -0.157. The summed E-state index contributed by atoms with van der Waals surface area (Å²) in [6.45, 7) is 15.6. The smallest absolute Gasteiger partial charge is 0.419 e. The topological polar surface area (TPSA) is 146 Å². The third-order valence-electron chi connectivity index (χ3n) is 5.83. The third kappa shape index (κ3) is 10.1. The monoisotopic (exact) mass is 725 g/mol. The summed E-state index contributed by atoms with van der Waals surface area (Å²) in [5.41, 5.74) is -1.47. The normalized spacial score (nSPS) is 14.6. The molecule has 1 aliphatic rings. The van der Waals surface area contributed by atoms with Gasteiger partial charge in [-0.2, -0.15) is 0 Å². The zero-order chi connectivity index (χ0) is 33.0. The number of hydrogen-bond donors (Lipinski definition) is 1. The van der Waals surface area contributed by atoms with E-state index in [0.717, 1.165) is 23.2 Å². The number of ether oxygens (including phenoxy) is 3. The number of nitrogens with zero attached hydrogens (tertiary/aromatic N) is 4. The summed E-state index contributed by atoms with van der Waals surface area (Å²) in [5, 5.41) is 21.2. The summed E-state index contributed by atoms with van der Waals surface area (Å²) in [5.74, 6) is -1.04. The molecule has 0 aliphatic carbocycles. The van der Waals surface area contributed by atoms with E-state index < -0.39 is 61.6 Å². The van der Waals surface area contributed by atoms with Gasteiger partial charge in [-0.05, 0) is 126 Å². The van der Waals surface area contributed by atoms with Crippen molar-refractivity contribution in [3.05, 3.63) is 47.9 Å². The van der Waals surface area contributed by atoms with Crippen molar-refractivity contribution in [2.75, 3.05) is 11.8 Å². The van der Waals surface area contributed by atoms with Crippen LogP contribution in [0.25, 0.3) is 10.9 Å². The molecule has 44 heavy (non-hydrogen) atoms. The molecule has 1 N–H and O–H groups in total. The molecule has 0 spiro atoms. The van der Waals surface area contributed by atoms with Gasteiger partial charge in [0.25, 0.3) is 0 Å². The maximum absolute atomic E-state index is 13.5. The summed E-state index contributed by atoms with van der Waals surface area (Å²) in [7, 11) is 0. The van der Waals surface area contributed by atoms with Crippen LogP contribution in [0.3, 0.4) is 0 Å². The van der Waals surface area contributed by atoms with Crippen molar-refractivity contribution < 1.29 is 33.8 Å². The van der Waals surface area contributed by atoms with Gasteiger partial charge < -0.3 is 24.6 Å². The van der Waals surface area contributed by atoms with E-state index in [1.165, 1.54) is 6.07 Å². The predicted molar refractivity (Wildman–Crippen MR) is 178 cm³/mol. The molecule has 12 nitrogen and oxygen atoms in total. The Balaban J connectivity index is 1.89. The fourth-order valence-electron chi connectivity index (χ4n) is 4.11. The van der Waals surface area contributed by atoms with Crippen molar-refractivity contribution in [2.24, 2.45) is 10.9 Å². The lowest BCUT2D eigenvalue weighted by atomic mass is 9.98. The highest BCUT2D eigenvalue weighted by molar-refractivity contribution is 14.2. The van der Waals surface area contributed by atoms with Crippen LogP contribution in [0.5, 0.6) is 0 Å². The zero-order valence-corrected chi connectivity index (χ0v) is 28.9. The summed E-state index contributed by atoms with van der Waals surface area (Å²) in [6.07, 6.45) is 4.25. The van der Waals surface area contributed by atoms with Crippen molar-refractivity contribution in [2.45, 2.75) is 92.0 Å². The molecule has 242 valence electrons. The van der Waals surface area contributed by atoms with E-state index in [0.29, 0.717) is 6.42 Å². The van der Waals surface area contributed by atoms with Gasteiger partial charge in [-0.15, -0.1) is 0 Å². The maximum atomic E-state index is 13.5. The predicted octanol–water partition coefficient (Wildman–Crippen LogP) is 7.12. The molecule has 0 fully saturated rings. The number of carbonyl (C=O) groups is 3. The standard InChI is InChI=1S/C31H42IN4O8/c1-29(2,3)42-25(37)22(11-10-17-35(27(38)43-30(4,5)6)28(39)44-31(7,8)9)23-14-16-33-26(32-23)34-18-15-20-19-21(36(40)41)12-13-24(20)34/h12-16,18-19,22,40H,10-11,17H2,1-9H3/q-1. The van der Waals surface area contributed by atoms with Crippen molar-refractivity contribution >= 4 is 62.8 Å². The van der Waals surface area contributed by atoms with Gasteiger partial charge >= 0.3 is 18.2 Å². The second kappa shape index (κ2) is 13.8. The zero-order valence-electron chi connectivity index (χ0n) is 26.7. The molecule has 1 unspecified atom stereocenters. The van der Waals surface area contributed by atoms with Gasteiger partial charge in [0.05, 0.1) is 17.1 Å². The summed E-state index contributed by atoms with van der Waals surface area (Å²) in [6, 6.07) is 6.63. The highest BCUT2D eigenvalue weighted by Gasteiger charge is 2.33. The number of anilines is 1. The van der Waals surface area contributed by atoms with Crippen LogP contribution >= 0.6 is 20.7 Å². The Hall–Kier alpha value is -3.30. The summed E-state index contributed by atoms with van der Waals surface area (Å²) in [4.78, 5) is 45.0. The number of esters is 1. The Kier molecular flexibility index (Phi) is 11.0. The molecule has 1 aromatic heterocycles. The number of carbonyl (C=O) groups excluding carboxylic acids is 3. The molecule has 1 atom stereocenters. The minimum Gasteiger partial charge on any atom is -0.733 e. The van der Waals surface area contributed by atoms with Crippen LogP contribution in [0.4, 0.5) is 15.3 Å². The molecular weight excluding hydrogens is 683 g/mol. The van der Waals surface area contributed by atoms with Crippen molar-refractivity contribution in [1.82, 2.24) is 9.47 Å². The van der Waals surface area contributed by atoms with E-state index in [1.807, 2.05) is 22.9 Å². The van der Waals surface area contributed by atoms with Gasteiger partial charge in [0, 0.05) is 27.8 Å². The average Bonchev–Trinajstić information content (AvgIpc) is 3.29. The molecule has 3 rings (SSSR count). The molecule has 2 amide bonds. The number of amides is 2. The number of imide groups is 1. The van der Waals surface area contributed by atoms with Crippen molar-refractivity contribution in [3.63, 3.8) is 0 Å². The minimum absolute atomic E-state index is 0.0223. The molecule has 0 saturated carbocycles. The van der Waals surface area contributed by atoms with E-state index in [-0.39, 0.29) is 23.9 Å². The lowest BCUT2D eigenvalue weighted by Gasteiger charge is -2.29. The average molecular weight is 726 g/mol. The van der Waals surface area contributed by atoms with Crippen molar-refractivity contribution in [1.29, 1.82) is 0 Å². The molecular formula is C31H42IN4O8-. The van der Waals surface area contributed by atoms with Gasteiger partial charge in [0.15, 0.2) is 3.84 Å². The Morgan fingerprint density at radius 1 is 0.955 bits per heavy atom. The van der Waals surface area contributed by atoms with E-state index in [2.05, 4.69) is 4.99 Å². The Morgan fingerprint density at radius 3 is 2.09 bits per heavy atom. The molecule has 0 bridgehead atoms. The van der Waals surface area contributed by atoms with Crippen LogP contribution < -0.4 is 5.23 Å². The Labute approximate surface area is 267 Å². The van der Waals surface area contributed by atoms with E-state index in [1.54, 1.807) is 80.6 Å². The first kappa shape index (κ1) is 35.2. The highest BCUT2D eigenvalue weighted by atomic mass is 127. The number of fused-ring (bicyclic) bond motifs is 1. The molecule has 0 radical (unpaired) electrons. The number of halogens is 1. The summed E-state index contributed by atoms with van der Waals surface area (Å²) < 4.78 is 20.2. The van der Waals surface area contributed by atoms with Crippen molar-refractivity contribution in [3.8, 4) is 0 Å². The third-order valence-corrected chi connectivity index (χ3v) is 8.84. The number of hydrogen-bond acceptors (Lipinski definition) is 10. The maximum Gasteiger partial charge on any atom is 0.419 e. The van der Waals surface area contributed by atoms with Crippen LogP contribution in [0.2, 0.25) is 0 Å². The first-order valence-corrected chi connectivity index (χ1v) is 16.4. The highest BCUT2D eigenvalue weighted by Crippen LogP contribution is 2.29. The fourth-order valence-corrected chi connectivity index (χ4v) is 6.93. The Bertz CT molecular complexity index is 1440.